The first-order chi connectivity index (χ1) is 13.5. The molecule has 0 saturated carbocycles. The predicted molar refractivity (Wildman–Crippen MR) is 102 cm³/mol. The molecule has 0 bridgehead atoms. The van der Waals surface area contributed by atoms with Gasteiger partial charge in [-0.05, 0) is 25.8 Å². The number of hydrogen-bond donors (Lipinski definition) is 1. The largest absolute Gasteiger partial charge is 0.422 e. The number of pyridine rings is 1. The van der Waals surface area contributed by atoms with Gasteiger partial charge < -0.3 is 4.74 Å². The van der Waals surface area contributed by atoms with Gasteiger partial charge in [-0.1, -0.05) is 0 Å². The number of aromatic nitrogens is 5. The van der Waals surface area contributed by atoms with Crippen molar-refractivity contribution < 1.29 is 13.2 Å². The molecule has 0 aromatic carbocycles. The summed E-state index contributed by atoms with van der Waals surface area (Å²) in [7, 11) is -3.22. The molecular formula is C17H20N6O4S. The quantitative estimate of drug-likeness (QED) is 0.680. The molecular weight excluding hydrogens is 384 g/mol. The highest BCUT2D eigenvalue weighted by molar-refractivity contribution is 7.89. The molecule has 0 radical (unpaired) electrons. The summed E-state index contributed by atoms with van der Waals surface area (Å²) in [5, 5.41) is 4.73. The molecule has 0 amide bonds. The van der Waals surface area contributed by atoms with E-state index in [1.165, 1.54) is 22.9 Å². The molecule has 3 aromatic rings. The van der Waals surface area contributed by atoms with Gasteiger partial charge in [0.05, 0.1) is 41.3 Å². The van der Waals surface area contributed by atoms with Crippen molar-refractivity contribution in [3.63, 3.8) is 0 Å². The van der Waals surface area contributed by atoms with E-state index in [2.05, 4.69) is 20.1 Å². The number of rotatable bonds is 5. The van der Waals surface area contributed by atoms with E-state index in [9.17, 15) is 13.2 Å². The smallest absolute Gasteiger partial charge is 0.302 e. The van der Waals surface area contributed by atoms with Crippen LogP contribution in [0.15, 0.2) is 35.6 Å². The van der Waals surface area contributed by atoms with Crippen LogP contribution < -0.4 is 10.3 Å². The maximum atomic E-state index is 12.1. The average molecular weight is 404 g/mol. The minimum absolute atomic E-state index is 0.0453. The number of nitrogens with zero attached hydrogens (tertiary/aromatic N) is 5. The van der Waals surface area contributed by atoms with Gasteiger partial charge in [0.1, 0.15) is 0 Å². The standard InChI is InChI=1S/C17H20N6O4S/c1-2-28(25,26)22-7-3-4-12(10-22)23-11-13(8-19-23)27-17-20-15-9-18-6-5-14(15)16(24)21-17/h5-6,8-9,11-12H,2-4,7,10H2,1H3,(H,20,21,24)/t12-/m0/s1. The molecule has 0 aliphatic carbocycles. The number of nitrogens with one attached hydrogen (secondary N) is 1. The van der Waals surface area contributed by atoms with E-state index in [0.29, 0.717) is 29.7 Å². The Morgan fingerprint density at radius 1 is 1.36 bits per heavy atom. The summed E-state index contributed by atoms with van der Waals surface area (Å²) in [4.78, 5) is 22.9. The Morgan fingerprint density at radius 3 is 3.04 bits per heavy atom. The van der Waals surface area contributed by atoms with Crippen LogP contribution in [0, 0.1) is 0 Å². The van der Waals surface area contributed by atoms with Crippen LogP contribution in [0.2, 0.25) is 0 Å². The van der Waals surface area contributed by atoms with Crippen LogP contribution in [-0.2, 0) is 10.0 Å². The van der Waals surface area contributed by atoms with Gasteiger partial charge in [0.2, 0.25) is 10.0 Å². The number of aromatic amines is 1. The molecule has 1 aliphatic heterocycles. The van der Waals surface area contributed by atoms with Crippen molar-refractivity contribution in [2.45, 2.75) is 25.8 Å². The lowest BCUT2D eigenvalue weighted by molar-refractivity contribution is 0.253. The molecule has 4 heterocycles. The number of H-pyrrole nitrogens is 1. The fourth-order valence-electron chi connectivity index (χ4n) is 3.27. The van der Waals surface area contributed by atoms with Gasteiger partial charge in [-0.15, -0.1) is 0 Å². The minimum atomic E-state index is -3.22. The van der Waals surface area contributed by atoms with Crippen LogP contribution in [0.4, 0.5) is 0 Å². The van der Waals surface area contributed by atoms with Gasteiger partial charge >= 0.3 is 6.01 Å². The molecule has 1 saturated heterocycles. The van der Waals surface area contributed by atoms with Crippen LogP contribution in [0.3, 0.4) is 0 Å². The molecule has 28 heavy (non-hydrogen) atoms. The summed E-state index contributed by atoms with van der Waals surface area (Å²) in [5.41, 5.74) is 0.115. The lowest BCUT2D eigenvalue weighted by atomic mass is 10.1. The third-order valence-corrected chi connectivity index (χ3v) is 6.62. The van der Waals surface area contributed by atoms with Gasteiger partial charge in [0, 0.05) is 19.3 Å². The van der Waals surface area contributed by atoms with Gasteiger partial charge in [-0.25, -0.2) is 8.42 Å². The highest BCUT2D eigenvalue weighted by Gasteiger charge is 2.29. The molecule has 10 nitrogen and oxygen atoms in total. The Morgan fingerprint density at radius 2 is 2.21 bits per heavy atom. The topological polar surface area (TPSA) is 123 Å². The van der Waals surface area contributed by atoms with Crippen LogP contribution in [0.25, 0.3) is 10.9 Å². The van der Waals surface area contributed by atoms with E-state index in [4.69, 9.17) is 4.74 Å². The fourth-order valence-corrected chi connectivity index (χ4v) is 4.45. The molecule has 4 rings (SSSR count). The Balaban J connectivity index is 1.53. The van der Waals surface area contributed by atoms with Crippen molar-refractivity contribution in [3.8, 4) is 11.8 Å². The van der Waals surface area contributed by atoms with Crippen LogP contribution >= 0.6 is 0 Å². The van der Waals surface area contributed by atoms with Gasteiger partial charge in [-0.2, -0.15) is 14.4 Å². The summed E-state index contributed by atoms with van der Waals surface area (Å²) in [5.74, 6) is 0.491. The average Bonchev–Trinajstić information content (AvgIpc) is 3.16. The summed E-state index contributed by atoms with van der Waals surface area (Å²) in [6.45, 7) is 2.56. The van der Waals surface area contributed by atoms with E-state index in [1.54, 1.807) is 23.9 Å². The van der Waals surface area contributed by atoms with Crippen molar-refractivity contribution in [1.82, 2.24) is 29.0 Å². The lowest BCUT2D eigenvalue weighted by Crippen LogP contribution is -2.41. The normalized spacial score (nSPS) is 18.4. The first-order valence-corrected chi connectivity index (χ1v) is 10.6. The third kappa shape index (κ3) is 3.62. The van der Waals surface area contributed by atoms with Gasteiger partial charge in [-0.3, -0.25) is 19.4 Å². The van der Waals surface area contributed by atoms with Crippen molar-refractivity contribution in [3.05, 3.63) is 41.2 Å². The highest BCUT2D eigenvalue weighted by atomic mass is 32.2. The fraction of sp³-hybridized carbons (Fsp3) is 0.412. The monoisotopic (exact) mass is 404 g/mol. The molecule has 1 atom stereocenters. The van der Waals surface area contributed by atoms with Crippen LogP contribution in [0.5, 0.6) is 11.8 Å². The van der Waals surface area contributed by atoms with Gasteiger partial charge in [0.25, 0.3) is 5.56 Å². The maximum Gasteiger partial charge on any atom is 0.302 e. The second kappa shape index (κ2) is 7.32. The lowest BCUT2D eigenvalue weighted by Gasteiger charge is -2.31. The summed E-state index contributed by atoms with van der Waals surface area (Å²) < 4.78 is 33.1. The maximum absolute atomic E-state index is 12.1. The SMILES string of the molecule is CCS(=O)(=O)N1CCC[C@H](n2cc(Oc3nc4cnccc4c(=O)[nH]3)cn2)C1. The van der Waals surface area contributed by atoms with Crippen LogP contribution in [0.1, 0.15) is 25.8 Å². The molecule has 11 heteroatoms. The van der Waals surface area contributed by atoms with Gasteiger partial charge in [0.15, 0.2) is 5.75 Å². The van der Waals surface area contributed by atoms with E-state index >= 15 is 0 Å². The number of sulfonamides is 1. The molecule has 3 aromatic heterocycles. The number of fused-ring (bicyclic) bond motifs is 1. The molecule has 1 fully saturated rings. The Hall–Kier alpha value is -2.79. The Kier molecular flexibility index (Phi) is 4.85. The predicted octanol–water partition coefficient (Wildman–Crippen LogP) is 1.29. The number of piperidine rings is 1. The number of hydrogen-bond acceptors (Lipinski definition) is 7. The molecule has 148 valence electrons. The van der Waals surface area contributed by atoms with Crippen molar-refractivity contribution in [2.75, 3.05) is 18.8 Å². The van der Waals surface area contributed by atoms with E-state index in [-0.39, 0.29) is 23.4 Å². The first kappa shape index (κ1) is 18.6. The number of ether oxygens (including phenoxy) is 1. The second-order valence-corrected chi connectivity index (χ2v) is 8.83. The Labute approximate surface area is 161 Å². The van der Waals surface area contributed by atoms with Crippen molar-refractivity contribution >= 4 is 20.9 Å². The zero-order valence-corrected chi connectivity index (χ0v) is 16.1. The molecule has 1 N–H and O–H groups in total. The highest BCUT2D eigenvalue weighted by Crippen LogP contribution is 2.26. The summed E-state index contributed by atoms with van der Waals surface area (Å²) >= 11 is 0. The van der Waals surface area contributed by atoms with E-state index in [0.717, 1.165) is 12.8 Å². The minimum Gasteiger partial charge on any atom is -0.422 e. The van der Waals surface area contributed by atoms with E-state index < -0.39 is 10.0 Å². The zero-order valence-electron chi connectivity index (χ0n) is 15.3. The third-order valence-electron chi connectivity index (χ3n) is 4.77. The zero-order chi connectivity index (χ0) is 19.7. The molecule has 0 spiro atoms. The van der Waals surface area contributed by atoms with Crippen molar-refractivity contribution in [1.29, 1.82) is 0 Å². The van der Waals surface area contributed by atoms with Crippen molar-refractivity contribution in [2.24, 2.45) is 0 Å². The van der Waals surface area contributed by atoms with Crippen LogP contribution in [-0.4, -0.2) is 56.3 Å². The molecule has 0 unspecified atom stereocenters. The Bertz CT molecular complexity index is 1160. The second-order valence-electron chi connectivity index (χ2n) is 6.58. The summed E-state index contributed by atoms with van der Waals surface area (Å²) in [6, 6.07) is 1.56. The summed E-state index contributed by atoms with van der Waals surface area (Å²) in [6.07, 6.45) is 7.81. The van der Waals surface area contributed by atoms with E-state index in [1.807, 2.05) is 0 Å². The first-order valence-electron chi connectivity index (χ1n) is 9.00. The molecule has 1 aliphatic rings.